The SMILES string of the molecule is CC[C@H]1O[C@H](Br)C(F)(F)C1O[C](=O)[BiH][c]1ccccc1. The molecule has 1 aliphatic heterocycles. The van der Waals surface area contributed by atoms with Crippen LogP contribution in [-0.2, 0) is 9.47 Å². The summed E-state index contributed by atoms with van der Waals surface area (Å²) in [5, 5.41) is -1.40. The molecule has 1 aliphatic rings. The van der Waals surface area contributed by atoms with E-state index in [0.29, 0.717) is 6.42 Å². The first kappa shape index (κ1) is 16.2. The van der Waals surface area contributed by atoms with Gasteiger partial charge in [-0.25, -0.2) is 0 Å². The third kappa shape index (κ3) is 3.55. The zero-order chi connectivity index (χ0) is 14.8. The van der Waals surface area contributed by atoms with Gasteiger partial charge in [0.2, 0.25) is 0 Å². The number of hydrogen-bond acceptors (Lipinski definition) is 3. The summed E-state index contributed by atoms with van der Waals surface area (Å²) in [6.45, 7) is 1.73. The van der Waals surface area contributed by atoms with E-state index in [-0.39, 0.29) is 0 Å². The van der Waals surface area contributed by atoms with Crippen molar-refractivity contribution in [3.8, 4) is 0 Å². The number of rotatable bonds is 4. The number of alkyl halides is 3. The molecule has 1 heterocycles. The van der Waals surface area contributed by atoms with Crippen molar-refractivity contribution < 1.29 is 23.0 Å². The van der Waals surface area contributed by atoms with Gasteiger partial charge in [-0.05, 0) is 0 Å². The van der Waals surface area contributed by atoms with Crippen molar-refractivity contribution in [3.63, 3.8) is 0 Å². The maximum atomic E-state index is 13.9. The van der Waals surface area contributed by atoms with Gasteiger partial charge in [0, 0.05) is 0 Å². The molecule has 1 saturated heterocycles. The molecule has 3 nitrogen and oxygen atoms in total. The average molecular weight is 545 g/mol. The Kier molecular flexibility index (Phi) is 5.49. The van der Waals surface area contributed by atoms with Gasteiger partial charge in [0.25, 0.3) is 0 Å². The van der Waals surface area contributed by atoms with E-state index in [2.05, 4.69) is 15.9 Å². The molecule has 0 N–H and O–H groups in total. The Morgan fingerprint density at radius 1 is 1.45 bits per heavy atom. The van der Waals surface area contributed by atoms with Gasteiger partial charge in [-0.15, -0.1) is 0 Å². The average Bonchev–Trinajstić information content (AvgIpc) is 2.63. The number of halogens is 3. The number of ether oxygens (including phenoxy) is 2. The van der Waals surface area contributed by atoms with E-state index in [4.69, 9.17) is 9.47 Å². The fourth-order valence-corrected chi connectivity index (χ4v) is 5.51. The molecule has 1 aromatic rings. The molecule has 0 aliphatic carbocycles. The Bertz CT molecular complexity index is 472. The summed E-state index contributed by atoms with van der Waals surface area (Å²) < 4.78 is 38.4. The van der Waals surface area contributed by atoms with Crippen molar-refractivity contribution in [2.45, 2.75) is 36.5 Å². The van der Waals surface area contributed by atoms with Crippen LogP contribution in [0.3, 0.4) is 0 Å². The molecule has 1 unspecified atom stereocenters. The van der Waals surface area contributed by atoms with Gasteiger partial charge >= 0.3 is 136 Å². The Morgan fingerprint density at radius 2 is 2.10 bits per heavy atom. The van der Waals surface area contributed by atoms with Gasteiger partial charge in [0.15, 0.2) is 0 Å². The fraction of sp³-hybridized carbons (Fsp3) is 0.462. The van der Waals surface area contributed by atoms with Gasteiger partial charge in [0.05, 0.1) is 0 Å². The van der Waals surface area contributed by atoms with E-state index in [0.717, 1.165) is 3.27 Å². The van der Waals surface area contributed by atoms with Crippen molar-refractivity contribution in [2.75, 3.05) is 0 Å². The second-order valence-electron chi connectivity index (χ2n) is 4.39. The van der Waals surface area contributed by atoms with E-state index >= 15 is 0 Å². The van der Waals surface area contributed by atoms with Crippen molar-refractivity contribution >= 4 is 46.1 Å². The predicted molar refractivity (Wildman–Crippen MR) is 76.3 cm³/mol. The first-order valence-electron chi connectivity index (χ1n) is 6.15. The fourth-order valence-electron chi connectivity index (χ4n) is 1.94. The van der Waals surface area contributed by atoms with Crippen LogP contribution >= 0.6 is 15.9 Å². The molecule has 1 fully saturated rings. The van der Waals surface area contributed by atoms with E-state index in [1.807, 2.05) is 30.3 Å². The summed E-state index contributed by atoms with van der Waals surface area (Å²) in [7, 11) is 0. The van der Waals surface area contributed by atoms with Crippen LogP contribution in [0, 0.1) is 0 Å². The molecule has 0 bridgehead atoms. The standard InChI is InChI=1S/C7H8BrF2O3.C6H5.Bi.H/c1-2-4-5(12-3-11)7(9,10)6(8)13-4;1-2-4-6-5-3-1;;/h4-6H,2H2,1H3;1-5H;;/t4-,5?,6+;;;/m1.../s1. The molecule has 3 atom stereocenters. The molecule has 2 rings (SSSR count). The predicted octanol–water partition coefficient (Wildman–Crippen LogP) is 2.42. The molecule has 0 radical (unpaired) electrons. The minimum absolute atomic E-state index is 0.370. The second-order valence-corrected chi connectivity index (χ2v) is 10.0. The summed E-state index contributed by atoms with van der Waals surface area (Å²) in [4.78, 5) is 11.9. The molecule has 0 saturated carbocycles. The molecule has 20 heavy (non-hydrogen) atoms. The molecule has 1 aromatic carbocycles. The van der Waals surface area contributed by atoms with Crippen LogP contribution in [0.15, 0.2) is 30.3 Å². The molecular weight excluding hydrogens is 531 g/mol. The molecule has 0 aromatic heterocycles. The Balaban J connectivity index is 2.02. The van der Waals surface area contributed by atoms with Crippen molar-refractivity contribution in [1.29, 1.82) is 0 Å². The number of hydrogen-bond donors (Lipinski definition) is 0. The third-order valence-corrected chi connectivity index (χ3v) is 7.47. The number of benzene rings is 1. The zero-order valence-electron chi connectivity index (χ0n) is 10.7. The summed E-state index contributed by atoms with van der Waals surface area (Å²) in [5.41, 5.74) is 0. The van der Waals surface area contributed by atoms with E-state index in [1.165, 1.54) is 0 Å². The summed E-state index contributed by atoms with van der Waals surface area (Å²) >= 11 is 0.868. The monoisotopic (exact) mass is 544 g/mol. The van der Waals surface area contributed by atoms with Crippen LogP contribution in [0.25, 0.3) is 0 Å². The Morgan fingerprint density at radius 3 is 2.70 bits per heavy atom. The molecule has 7 heteroatoms. The first-order chi connectivity index (χ1) is 9.45. The summed E-state index contributed by atoms with van der Waals surface area (Å²) in [5.74, 6) is -3.20. The van der Waals surface area contributed by atoms with Crippen LogP contribution in [0.4, 0.5) is 13.6 Å². The number of carbonyl (C=O) groups excluding carboxylic acids is 1. The van der Waals surface area contributed by atoms with Crippen molar-refractivity contribution in [1.82, 2.24) is 0 Å². The van der Waals surface area contributed by atoms with E-state index in [1.54, 1.807) is 6.92 Å². The van der Waals surface area contributed by atoms with Gasteiger partial charge < -0.3 is 0 Å². The summed E-state index contributed by atoms with van der Waals surface area (Å²) in [6.07, 6.45) is -1.90. The molecule has 0 amide bonds. The van der Waals surface area contributed by atoms with Gasteiger partial charge in [-0.2, -0.15) is 0 Å². The van der Waals surface area contributed by atoms with Crippen LogP contribution in [0.5, 0.6) is 0 Å². The van der Waals surface area contributed by atoms with Crippen molar-refractivity contribution in [3.05, 3.63) is 30.3 Å². The number of carbonyl (C=O) groups is 1. The third-order valence-electron chi connectivity index (χ3n) is 2.97. The quantitative estimate of drug-likeness (QED) is 0.431. The van der Waals surface area contributed by atoms with E-state index in [9.17, 15) is 13.6 Å². The van der Waals surface area contributed by atoms with Crippen LogP contribution in [0.2, 0.25) is 0 Å². The molecule has 110 valence electrons. The Hall–Kier alpha value is -0.127. The van der Waals surface area contributed by atoms with Gasteiger partial charge in [-0.3, -0.25) is 0 Å². The second kappa shape index (κ2) is 6.76. The van der Waals surface area contributed by atoms with Gasteiger partial charge in [0.1, 0.15) is 0 Å². The summed E-state index contributed by atoms with van der Waals surface area (Å²) in [6, 6.07) is 9.16. The first-order valence-corrected chi connectivity index (χ1v) is 11.0. The van der Waals surface area contributed by atoms with Crippen LogP contribution in [0.1, 0.15) is 13.3 Å². The van der Waals surface area contributed by atoms with Gasteiger partial charge in [-0.1, -0.05) is 0 Å². The van der Waals surface area contributed by atoms with Crippen molar-refractivity contribution in [2.24, 2.45) is 0 Å². The van der Waals surface area contributed by atoms with Crippen LogP contribution < -0.4 is 3.27 Å². The Labute approximate surface area is 135 Å². The van der Waals surface area contributed by atoms with Crippen LogP contribution in [-0.4, -0.2) is 50.1 Å². The molecular formula is C13H14BiBrF2O3. The van der Waals surface area contributed by atoms with E-state index < -0.39 is 50.1 Å². The zero-order valence-corrected chi connectivity index (χ0v) is 16.2. The maximum absolute atomic E-state index is 13.9. The normalized spacial score (nSPS) is 28.3. The minimum atomic E-state index is -3.20. The molecule has 0 spiro atoms. The topological polar surface area (TPSA) is 35.5 Å².